The van der Waals surface area contributed by atoms with Crippen LogP contribution in [0.25, 0.3) is 0 Å². The molecule has 0 amide bonds. The van der Waals surface area contributed by atoms with Gasteiger partial charge in [-0.15, -0.1) is 6.58 Å². The number of esters is 1. The molecule has 2 atom stereocenters. The molecule has 0 aromatic heterocycles. The molecule has 37 heavy (non-hydrogen) atoms. The molecule has 1 aliphatic heterocycles. The number of aliphatic hydroxyl groups excluding tert-OH is 1. The molecule has 1 heterocycles. The van der Waals surface area contributed by atoms with Crippen LogP contribution in [0.5, 0.6) is 0 Å². The van der Waals surface area contributed by atoms with E-state index in [-0.39, 0.29) is 30.9 Å². The van der Waals surface area contributed by atoms with Crippen molar-refractivity contribution in [2.24, 2.45) is 10.9 Å². The van der Waals surface area contributed by atoms with Gasteiger partial charge in [0.15, 0.2) is 0 Å². The second kappa shape index (κ2) is 19.0. The Bertz CT molecular complexity index is 901. The van der Waals surface area contributed by atoms with E-state index >= 15 is 0 Å². The predicted octanol–water partition coefficient (Wildman–Crippen LogP) is 5.09. The van der Waals surface area contributed by atoms with Gasteiger partial charge in [-0.25, -0.2) is 4.79 Å². The molecule has 2 unspecified atom stereocenters. The lowest BCUT2D eigenvalue weighted by Gasteiger charge is -2.23. The van der Waals surface area contributed by atoms with Gasteiger partial charge in [0.05, 0.1) is 25.4 Å². The molecular formula is C30H44N2O5. The van der Waals surface area contributed by atoms with Crippen molar-refractivity contribution < 1.29 is 24.2 Å². The van der Waals surface area contributed by atoms with Crippen LogP contribution in [0.2, 0.25) is 0 Å². The molecule has 0 spiro atoms. The maximum absolute atomic E-state index is 11.7. The number of allylic oxidation sites excluding steroid dienone is 2. The second-order valence-electron chi connectivity index (χ2n) is 9.55. The largest absolute Gasteiger partial charge is 0.467 e. The van der Waals surface area contributed by atoms with E-state index in [0.29, 0.717) is 12.9 Å². The molecule has 7 nitrogen and oxygen atoms in total. The summed E-state index contributed by atoms with van der Waals surface area (Å²) < 4.78 is 10.0. The fourth-order valence-corrected chi connectivity index (χ4v) is 3.51. The van der Waals surface area contributed by atoms with Crippen LogP contribution in [-0.4, -0.2) is 49.7 Å². The Balaban J connectivity index is 0.00000159. The number of aliphatic imine (C=N–C) groups is 1. The van der Waals surface area contributed by atoms with E-state index in [0.717, 1.165) is 24.8 Å². The predicted molar refractivity (Wildman–Crippen MR) is 149 cm³/mol. The number of carbonyl (C=O) groups excluding carboxylic acids is 2. The van der Waals surface area contributed by atoms with Crippen molar-refractivity contribution in [2.45, 2.75) is 71.9 Å². The highest BCUT2D eigenvalue weighted by atomic mass is 16.5. The van der Waals surface area contributed by atoms with Gasteiger partial charge in [-0.2, -0.15) is 0 Å². The first-order chi connectivity index (χ1) is 17.8. The van der Waals surface area contributed by atoms with Gasteiger partial charge in [0.25, 0.3) is 6.47 Å². The molecule has 0 saturated carbocycles. The van der Waals surface area contributed by atoms with Crippen LogP contribution in [0.1, 0.15) is 64.0 Å². The number of aliphatic hydroxyl groups is 1. The lowest BCUT2D eigenvalue weighted by molar-refractivity contribution is -0.142. The van der Waals surface area contributed by atoms with Crippen LogP contribution in [0.15, 0.2) is 65.3 Å². The summed E-state index contributed by atoms with van der Waals surface area (Å²) >= 11 is 0. The van der Waals surface area contributed by atoms with Crippen molar-refractivity contribution in [3.63, 3.8) is 0 Å². The average molecular weight is 513 g/mol. The zero-order valence-corrected chi connectivity index (χ0v) is 22.7. The van der Waals surface area contributed by atoms with Gasteiger partial charge >= 0.3 is 5.97 Å². The summed E-state index contributed by atoms with van der Waals surface area (Å²) in [5, 5.41) is 12.2. The Hall–Kier alpha value is -3.19. The minimum atomic E-state index is -0.662. The van der Waals surface area contributed by atoms with Crippen LogP contribution in [-0.2, 0) is 31.9 Å². The molecule has 0 saturated heterocycles. The zero-order valence-electron chi connectivity index (χ0n) is 22.7. The molecule has 1 aromatic rings. The van der Waals surface area contributed by atoms with Crippen molar-refractivity contribution >= 4 is 18.7 Å². The number of ether oxygens (including phenoxy) is 2. The van der Waals surface area contributed by atoms with E-state index in [1.54, 1.807) is 0 Å². The minimum Gasteiger partial charge on any atom is -0.467 e. The monoisotopic (exact) mass is 512 g/mol. The Morgan fingerprint density at radius 2 is 1.76 bits per heavy atom. The number of rotatable bonds is 16. The van der Waals surface area contributed by atoms with E-state index in [4.69, 9.17) is 14.6 Å². The first kappa shape index (κ1) is 31.8. The summed E-state index contributed by atoms with van der Waals surface area (Å²) in [5.74, 6) is -0.893. The van der Waals surface area contributed by atoms with Crippen LogP contribution in [0, 0.1) is 5.92 Å². The van der Waals surface area contributed by atoms with E-state index in [2.05, 4.69) is 54.7 Å². The van der Waals surface area contributed by atoms with Crippen LogP contribution in [0.4, 0.5) is 0 Å². The van der Waals surface area contributed by atoms with Gasteiger partial charge in [0.2, 0.25) is 0 Å². The second-order valence-corrected chi connectivity index (χ2v) is 9.55. The average Bonchev–Trinajstić information content (AvgIpc) is 2.89. The molecule has 0 fully saturated rings. The maximum Gasteiger partial charge on any atom is 0.335 e. The number of carbonyl (C=O) groups is 2. The molecule has 0 bridgehead atoms. The number of benzene rings is 1. The number of hydrogen-bond donors (Lipinski definition) is 2. The summed E-state index contributed by atoms with van der Waals surface area (Å²) in [5.41, 5.74) is 4.97. The number of nitrogens with one attached hydrogen (secondary N) is 1. The molecule has 0 radical (unpaired) electrons. The SMILES string of the molecule is C=C(C)C.C=C(CO)C(=O)OCC(COC=O)CC1N=CC(CCc2ccc(CCCCC)cc2)=CN1. The lowest BCUT2D eigenvalue weighted by Crippen LogP contribution is -2.32. The molecular weight excluding hydrogens is 468 g/mol. The zero-order chi connectivity index (χ0) is 27.5. The Kier molecular flexibility index (Phi) is 16.3. The van der Waals surface area contributed by atoms with E-state index in [9.17, 15) is 9.59 Å². The minimum absolute atomic E-state index is 0.0161. The van der Waals surface area contributed by atoms with Gasteiger partial charge in [-0.1, -0.05) is 56.2 Å². The maximum atomic E-state index is 11.7. The summed E-state index contributed by atoms with van der Waals surface area (Å²) in [6.07, 6.45) is 10.9. The number of aryl methyl sites for hydroxylation is 2. The van der Waals surface area contributed by atoms with Crippen molar-refractivity contribution in [2.75, 3.05) is 19.8 Å². The van der Waals surface area contributed by atoms with Crippen LogP contribution < -0.4 is 5.32 Å². The number of nitrogens with zero attached hydrogens (tertiary/aromatic N) is 1. The lowest BCUT2D eigenvalue weighted by atomic mass is 10.0. The third-order valence-electron chi connectivity index (χ3n) is 5.56. The fourth-order valence-electron chi connectivity index (χ4n) is 3.51. The third-order valence-corrected chi connectivity index (χ3v) is 5.56. The molecule has 7 heteroatoms. The van der Waals surface area contributed by atoms with Crippen LogP contribution in [0.3, 0.4) is 0 Å². The Morgan fingerprint density at radius 1 is 1.11 bits per heavy atom. The van der Waals surface area contributed by atoms with Crippen molar-refractivity contribution in [1.29, 1.82) is 0 Å². The van der Waals surface area contributed by atoms with Gasteiger partial charge in [0, 0.05) is 18.3 Å². The normalized spacial score (nSPS) is 14.8. The van der Waals surface area contributed by atoms with E-state index < -0.39 is 12.6 Å². The van der Waals surface area contributed by atoms with E-state index in [1.807, 2.05) is 26.3 Å². The fraction of sp³-hybridized carbons (Fsp3) is 0.500. The molecule has 0 aliphatic carbocycles. The highest BCUT2D eigenvalue weighted by Crippen LogP contribution is 2.16. The molecule has 204 valence electrons. The molecule has 2 N–H and O–H groups in total. The summed E-state index contributed by atoms with van der Waals surface area (Å²) in [6, 6.07) is 8.88. The molecule has 2 rings (SSSR count). The highest BCUT2D eigenvalue weighted by Gasteiger charge is 2.20. The van der Waals surface area contributed by atoms with Gasteiger partial charge < -0.3 is 19.9 Å². The van der Waals surface area contributed by atoms with Gasteiger partial charge in [-0.05, 0) is 62.7 Å². The first-order valence-corrected chi connectivity index (χ1v) is 13.0. The smallest absolute Gasteiger partial charge is 0.335 e. The molecule has 1 aromatic carbocycles. The Labute approximate surface area is 222 Å². The van der Waals surface area contributed by atoms with Crippen molar-refractivity contribution in [3.05, 3.63) is 71.5 Å². The van der Waals surface area contributed by atoms with Gasteiger partial charge in [0.1, 0.15) is 6.17 Å². The topological polar surface area (TPSA) is 97.2 Å². The van der Waals surface area contributed by atoms with E-state index in [1.165, 1.54) is 36.0 Å². The van der Waals surface area contributed by atoms with Gasteiger partial charge in [-0.3, -0.25) is 9.79 Å². The van der Waals surface area contributed by atoms with Crippen molar-refractivity contribution in [1.82, 2.24) is 5.32 Å². The van der Waals surface area contributed by atoms with Crippen molar-refractivity contribution in [3.8, 4) is 0 Å². The number of unbranched alkanes of at least 4 members (excludes halogenated alkanes) is 2. The summed E-state index contributed by atoms with van der Waals surface area (Å²) in [4.78, 5) is 26.8. The Morgan fingerprint density at radius 3 is 2.30 bits per heavy atom. The summed E-state index contributed by atoms with van der Waals surface area (Å²) in [6.45, 7) is 13.2. The first-order valence-electron chi connectivity index (χ1n) is 13.0. The standard InChI is InChI=1S/C26H36N2O5.C4H8/c1-3-4-5-6-21-7-9-22(10-8-21)11-12-23-14-27-25(28-15-23)13-24(17-32-19-30)18-33-26(31)20(2)16-29;1-4(2)3/h7-10,14-15,19,24-25,27,29H,2-6,11-13,16-18H2,1H3;1H2,2-3H3. The summed E-state index contributed by atoms with van der Waals surface area (Å²) in [7, 11) is 0. The highest BCUT2D eigenvalue weighted by molar-refractivity contribution is 5.87. The quantitative estimate of drug-likeness (QED) is 0.105. The third kappa shape index (κ3) is 14.8. The van der Waals surface area contributed by atoms with Crippen LogP contribution >= 0.6 is 0 Å². The molecule has 1 aliphatic rings. The number of hydrogen-bond acceptors (Lipinski definition) is 7.